The quantitative estimate of drug-likeness (QED) is 0.574. The molecule has 0 radical (unpaired) electrons. The van der Waals surface area contributed by atoms with E-state index < -0.39 is 0 Å². The standard InChI is InChI=1S/C8H15N5O/c1-9-3-4-10-8(14)2-6-13-7-5-11-12-13/h5,7,9H,2-4,6H2,1H3,(H,10,14). The largest absolute Gasteiger partial charge is 0.355 e. The number of nitrogens with zero attached hydrogens (tertiary/aromatic N) is 3. The third-order valence-corrected chi connectivity index (χ3v) is 1.74. The number of rotatable bonds is 6. The van der Waals surface area contributed by atoms with Gasteiger partial charge in [-0.15, -0.1) is 5.10 Å². The number of aromatic nitrogens is 3. The van der Waals surface area contributed by atoms with Gasteiger partial charge in [0, 0.05) is 25.7 Å². The van der Waals surface area contributed by atoms with Crippen molar-refractivity contribution in [2.75, 3.05) is 20.1 Å². The summed E-state index contributed by atoms with van der Waals surface area (Å²) in [5.74, 6) is 0.0377. The molecule has 78 valence electrons. The van der Waals surface area contributed by atoms with Crippen LogP contribution in [0.5, 0.6) is 0 Å². The van der Waals surface area contributed by atoms with Crippen molar-refractivity contribution < 1.29 is 4.79 Å². The molecule has 0 atom stereocenters. The van der Waals surface area contributed by atoms with E-state index >= 15 is 0 Å². The maximum Gasteiger partial charge on any atom is 0.221 e. The van der Waals surface area contributed by atoms with E-state index in [1.54, 1.807) is 17.1 Å². The van der Waals surface area contributed by atoms with Gasteiger partial charge in [-0.2, -0.15) is 0 Å². The predicted octanol–water partition coefficient (Wildman–Crippen LogP) is -0.996. The Labute approximate surface area is 82.7 Å². The Kier molecular flexibility index (Phi) is 4.63. The molecule has 6 nitrogen and oxygen atoms in total. The number of likely N-dealkylation sites (N-methyl/N-ethyl adjacent to an activating group) is 1. The monoisotopic (exact) mass is 197 g/mol. The number of hydrogen-bond acceptors (Lipinski definition) is 4. The van der Waals surface area contributed by atoms with E-state index in [9.17, 15) is 4.79 Å². The van der Waals surface area contributed by atoms with Gasteiger partial charge < -0.3 is 10.6 Å². The van der Waals surface area contributed by atoms with Gasteiger partial charge >= 0.3 is 0 Å². The highest BCUT2D eigenvalue weighted by Crippen LogP contribution is 1.86. The Hall–Kier alpha value is -1.43. The van der Waals surface area contributed by atoms with Crippen LogP contribution in [0.25, 0.3) is 0 Å². The van der Waals surface area contributed by atoms with E-state index in [2.05, 4.69) is 20.9 Å². The van der Waals surface area contributed by atoms with Crippen LogP contribution in [0.3, 0.4) is 0 Å². The van der Waals surface area contributed by atoms with E-state index in [-0.39, 0.29) is 5.91 Å². The van der Waals surface area contributed by atoms with E-state index in [1.807, 2.05) is 7.05 Å². The minimum Gasteiger partial charge on any atom is -0.355 e. The highest BCUT2D eigenvalue weighted by molar-refractivity contribution is 5.75. The number of hydrogen-bond donors (Lipinski definition) is 2. The minimum atomic E-state index is 0.0377. The lowest BCUT2D eigenvalue weighted by Gasteiger charge is -2.03. The van der Waals surface area contributed by atoms with Crippen LogP contribution in [-0.2, 0) is 11.3 Å². The summed E-state index contributed by atoms with van der Waals surface area (Å²) in [5.41, 5.74) is 0. The fourth-order valence-electron chi connectivity index (χ4n) is 0.983. The number of amides is 1. The summed E-state index contributed by atoms with van der Waals surface area (Å²) in [4.78, 5) is 11.2. The molecule has 0 aliphatic carbocycles. The zero-order valence-electron chi connectivity index (χ0n) is 8.23. The van der Waals surface area contributed by atoms with Crippen molar-refractivity contribution in [3.05, 3.63) is 12.4 Å². The van der Waals surface area contributed by atoms with E-state index in [0.717, 1.165) is 6.54 Å². The average molecular weight is 197 g/mol. The van der Waals surface area contributed by atoms with Crippen molar-refractivity contribution in [1.82, 2.24) is 25.6 Å². The molecule has 0 bridgehead atoms. The second kappa shape index (κ2) is 6.09. The third-order valence-electron chi connectivity index (χ3n) is 1.74. The summed E-state index contributed by atoms with van der Waals surface area (Å²) >= 11 is 0. The molecule has 0 aromatic carbocycles. The van der Waals surface area contributed by atoms with Crippen molar-refractivity contribution in [2.45, 2.75) is 13.0 Å². The first-order valence-corrected chi connectivity index (χ1v) is 4.58. The zero-order valence-corrected chi connectivity index (χ0v) is 8.23. The summed E-state index contributed by atoms with van der Waals surface area (Å²) < 4.78 is 1.64. The van der Waals surface area contributed by atoms with Crippen LogP contribution in [0.1, 0.15) is 6.42 Å². The molecule has 0 saturated carbocycles. The van der Waals surface area contributed by atoms with Gasteiger partial charge in [-0.25, -0.2) is 0 Å². The summed E-state index contributed by atoms with van der Waals surface area (Å²) in [6.07, 6.45) is 3.77. The second-order valence-electron chi connectivity index (χ2n) is 2.87. The van der Waals surface area contributed by atoms with Gasteiger partial charge in [0.15, 0.2) is 0 Å². The highest BCUT2D eigenvalue weighted by atomic mass is 16.1. The van der Waals surface area contributed by atoms with Crippen LogP contribution in [-0.4, -0.2) is 41.0 Å². The van der Waals surface area contributed by atoms with Crippen LogP contribution in [0.15, 0.2) is 12.4 Å². The number of carbonyl (C=O) groups is 1. The Morgan fingerprint density at radius 2 is 2.36 bits per heavy atom. The molecular formula is C8H15N5O. The molecule has 0 aliphatic heterocycles. The second-order valence-corrected chi connectivity index (χ2v) is 2.87. The van der Waals surface area contributed by atoms with Crippen LogP contribution in [0.2, 0.25) is 0 Å². The summed E-state index contributed by atoms with van der Waals surface area (Å²) in [7, 11) is 1.85. The molecule has 2 N–H and O–H groups in total. The molecule has 1 aromatic heterocycles. The maximum absolute atomic E-state index is 11.2. The minimum absolute atomic E-state index is 0.0377. The number of carbonyl (C=O) groups excluding carboxylic acids is 1. The Balaban J connectivity index is 2.09. The van der Waals surface area contributed by atoms with Crippen LogP contribution in [0.4, 0.5) is 0 Å². The summed E-state index contributed by atoms with van der Waals surface area (Å²) in [5, 5.41) is 13.1. The number of nitrogens with one attached hydrogen (secondary N) is 2. The summed E-state index contributed by atoms with van der Waals surface area (Å²) in [6.45, 7) is 2.02. The third kappa shape index (κ3) is 3.99. The zero-order chi connectivity index (χ0) is 10.2. The molecular weight excluding hydrogens is 182 g/mol. The van der Waals surface area contributed by atoms with Crippen LogP contribution < -0.4 is 10.6 Å². The molecule has 6 heteroatoms. The fourth-order valence-corrected chi connectivity index (χ4v) is 0.983. The number of aryl methyl sites for hydroxylation is 1. The van der Waals surface area contributed by atoms with Crippen molar-refractivity contribution in [1.29, 1.82) is 0 Å². The maximum atomic E-state index is 11.2. The smallest absolute Gasteiger partial charge is 0.221 e. The molecule has 0 aliphatic rings. The van der Waals surface area contributed by atoms with Crippen molar-refractivity contribution in [3.63, 3.8) is 0 Å². The molecule has 0 saturated heterocycles. The van der Waals surface area contributed by atoms with Gasteiger partial charge in [-0.05, 0) is 7.05 Å². The first-order valence-electron chi connectivity index (χ1n) is 4.58. The molecule has 1 aromatic rings. The molecule has 1 amide bonds. The predicted molar refractivity (Wildman–Crippen MR) is 51.6 cm³/mol. The Morgan fingerprint density at radius 3 is 3.00 bits per heavy atom. The van der Waals surface area contributed by atoms with Gasteiger partial charge in [0.25, 0.3) is 0 Å². The van der Waals surface area contributed by atoms with E-state index in [0.29, 0.717) is 19.5 Å². The van der Waals surface area contributed by atoms with Gasteiger partial charge in [0.2, 0.25) is 5.91 Å². The SMILES string of the molecule is CNCCNC(=O)CCn1ccnn1. The lowest BCUT2D eigenvalue weighted by molar-refractivity contribution is -0.121. The topological polar surface area (TPSA) is 71.8 Å². The van der Waals surface area contributed by atoms with Crippen molar-refractivity contribution in [2.24, 2.45) is 0 Å². The Bertz CT molecular complexity index is 259. The van der Waals surface area contributed by atoms with Crippen LogP contribution >= 0.6 is 0 Å². The lowest BCUT2D eigenvalue weighted by atomic mass is 10.4. The van der Waals surface area contributed by atoms with Gasteiger partial charge in [0.1, 0.15) is 0 Å². The van der Waals surface area contributed by atoms with Gasteiger partial charge in [-0.3, -0.25) is 9.48 Å². The van der Waals surface area contributed by atoms with E-state index in [1.165, 1.54) is 0 Å². The molecule has 0 spiro atoms. The highest BCUT2D eigenvalue weighted by Gasteiger charge is 2.00. The molecule has 14 heavy (non-hydrogen) atoms. The van der Waals surface area contributed by atoms with Crippen molar-refractivity contribution >= 4 is 5.91 Å². The molecule has 0 unspecified atom stereocenters. The van der Waals surface area contributed by atoms with E-state index in [4.69, 9.17) is 0 Å². The lowest BCUT2D eigenvalue weighted by Crippen LogP contribution is -2.30. The van der Waals surface area contributed by atoms with Crippen molar-refractivity contribution in [3.8, 4) is 0 Å². The molecule has 0 fully saturated rings. The first kappa shape index (κ1) is 10.6. The van der Waals surface area contributed by atoms with Gasteiger partial charge in [-0.1, -0.05) is 5.21 Å². The summed E-state index contributed by atoms with van der Waals surface area (Å²) in [6, 6.07) is 0. The normalized spacial score (nSPS) is 10.1. The fraction of sp³-hybridized carbons (Fsp3) is 0.625. The Morgan fingerprint density at radius 1 is 1.50 bits per heavy atom. The molecule has 1 heterocycles. The average Bonchev–Trinajstić information content (AvgIpc) is 2.68. The first-order chi connectivity index (χ1) is 6.83. The molecule has 1 rings (SSSR count). The van der Waals surface area contributed by atoms with Crippen LogP contribution in [0, 0.1) is 0 Å². The van der Waals surface area contributed by atoms with Gasteiger partial charge in [0.05, 0.1) is 12.7 Å².